The quantitative estimate of drug-likeness (QED) is 0.227. The Hall–Kier alpha value is -4.58. The summed E-state index contributed by atoms with van der Waals surface area (Å²) in [4.78, 5) is 41.6. The number of carbonyl (C=O) groups is 1. The van der Waals surface area contributed by atoms with E-state index in [0.29, 0.717) is 41.8 Å². The first kappa shape index (κ1) is 36.2. The van der Waals surface area contributed by atoms with E-state index in [9.17, 15) is 9.59 Å². The standard InChI is InChI=1S/C39H49F2N7O3/c1-26-9-10-31(20-43-26)46-16-7-8-32(24-46)48(21-28-13-15-42-27(2)18-28)23-29-22-45(6)34-19-30(11-12-33(34)36(29)49)47-17-14-35(39(40,41)25-47)44-37(50)51-38(3,4)5/h9-13,15,18-20,22,32,35H,7-8,14,16-17,21,23-25H2,1-6H3,(H,44,50)/t32-,35?/m0/s1. The molecule has 6 rings (SSSR count). The first-order valence-electron chi connectivity index (χ1n) is 17.7. The average Bonchev–Trinajstić information content (AvgIpc) is 3.07. The molecule has 2 atom stereocenters. The number of amides is 1. The number of alkyl halides is 2. The van der Waals surface area contributed by atoms with E-state index in [1.54, 1.807) is 37.8 Å². The van der Waals surface area contributed by atoms with Gasteiger partial charge in [-0.1, -0.05) is 0 Å². The molecule has 12 heteroatoms. The third-order valence-electron chi connectivity index (χ3n) is 9.80. The van der Waals surface area contributed by atoms with Crippen molar-refractivity contribution in [3.05, 3.63) is 93.8 Å². The first-order valence-corrected chi connectivity index (χ1v) is 17.7. The van der Waals surface area contributed by atoms with E-state index in [2.05, 4.69) is 37.2 Å². The highest BCUT2D eigenvalue weighted by atomic mass is 19.3. The van der Waals surface area contributed by atoms with Crippen LogP contribution in [0.2, 0.25) is 0 Å². The number of halogens is 2. The number of benzene rings is 1. The number of nitrogens with one attached hydrogen (secondary N) is 1. The fourth-order valence-electron chi connectivity index (χ4n) is 7.24. The fourth-order valence-corrected chi connectivity index (χ4v) is 7.24. The normalized spacial score (nSPS) is 19.4. The number of rotatable bonds is 8. The van der Waals surface area contributed by atoms with Crippen LogP contribution in [0.1, 0.15) is 62.5 Å². The molecule has 2 saturated heterocycles. The average molecular weight is 702 g/mol. The van der Waals surface area contributed by atoms with E-state index in [1.165, 1.54) is 0 Å². The largest absolute Gasteiger partial charge is 0.444 e. The minimum Gasteiger partial charge on any atom is -0.444 e. The zero-order valence-electron chi connectivity index (χ0n) is 30.5. The summed E-state index contributed by atoms with van der Waals surface area (Å²) in [5, 5.41) is 2.91. The highest BCUT2D eigenvalue weighted by Gasteiger charge is 2.46. The number of hydrogen-bond acceptors (Lipinski definition) is 8. The molecule has 1 N–H and O–H groups in total. The molecule has 4 aromatic rings. The van der Waals surface area contributed by atoms with Gasteiger partial charge in [0.05, 0.1) is 30.0 Å². The van der Waals surface area contributed by atoms with Crippen molar-refractivity contribution >= 4 is 28.4 Å². The topological polar surface area (TPSA) is 95.8 Å². The number of carbonyl (C=O) groups excluding carboxylic acids is 1. The number of pyridine rings is 3. The lowest BCUT2D eigenvalue weighted by Gasteiger charge is -2.40. The molecule has 5 heterocycles. The number of alkyl carbamates (subject to hydrolysis) is 1. The second kappa shape index (κ2) is 14.6. The van der Waals surface area contributed by atoms with Crippen LogP contribution in [0.5, 0.6) is 0 Å². The number of nitrogens with zero attached hydrogens (tertiary/aromatic N) is 6. The Kier molecular flexibility index (Phi) is 10.3. The van der Waals surface area contributed by atoms with Gasteiger partial charge >= 0.3 is 6.09 Å². The van der Waals surface area contributed by atoms with E-state index in [1.807, 2.05) is 62.3 Å². The SMILES string of the molecule is Cc1ccc(N2CCC[C@H](N(Cc3ccnc(C)c3)Cc3cn(C)c4cc(N5CCC(NC(=O)OC(C)(C)C)C(F)(F)C5)ccc4c3=O)C2)cn1. The predicted octanol–water partition coefficient (Wildman–Crippen LogP) is 6.36. The highest BCUT2D eigenvalue weighted by molar-refractivity contribution is 5.83. The molecule has 1 unspecified atom stereocenters. The summed E-state index contributed by atoms with van der Waals surface area (Å²) in [7, 11) is 1.89. The van der Waals surface area contributed by atoms with Gasteiger partial charge in [-0.05, 0) is 102 Å². The summed E-state index contributed by atoms with van der Waals surface area (Å²) in [6.45, 7) is 11.7. The predicted molar refractivity (Wildman–Crippen MR) is 197 cm³/mol. The van der Waals surface area contributed by atoms with E-state index < -0.39 is 30.2 Å². The number of anilines is 2. The molecule has 1 amide bonds. The van der Waals surface area contributed by atoms with E-state index in [0.717, 1.165) is 48.6 Å². The summed E-state index contributed by atoms with van der Waals surface area (Å²) < 4.78 is 37.8. The van der Waals surface area contributed by atoms with Crippen LogP contribution in [0.4, 0.5) is 25.0 Å². The third kappa shape index (κ3) is 8.66. The van der Waals surface area contributed by atoms with Crippen LogP contribution in [-0.2, 0) is 24.9 Å². The third-order valence-corrected chi connectivity index (χ3v) is 9.80. The Bertz CT molecular complexity index is 1930. The zero-order chi connectivity index (χ0) is 36.5. The Labute approximate surface area is 298 Å². The van der Waals surface area contributed by atoms with Crippen LogP contribution >= 0.6 is 0 Å². The Balaban J connectivity index is 1.23. The van der Waals surface area contributed by atoms with Crippen LogP contribution < -0.4 is 20.5 Å². The second-order valence-electron chi connectivity index (χ2n) is 15.1. The molecule has 51 heavy (non-hydrogen) atoms. The van der Waals surface area contributed by atoms with Gasteiger partial charge in [-0.3, -0.25) is 19.7 Å². The number of aromatic nitrogens is 3. The van der Waals surface area contributed by atoms with Crippen LogP contribution in [0.15, 0.2) is 65.8 Å². The van der Waals surface area contributed by atoms with E-state index in [4.69, 9.17) is 4.74 Å². The number of aryl methyl sites for hydroxylation is 3. The molecular weight excluding hydrogens is 652 g/mol. The first-order chi connectivity index (χ1) is 24.1. The van der Waals surface area contributed by atoms with Crippen molar-refractivity contribution in [1.82, 2.24) is 24.8 Å². The molecule has 0 bridgehead atoms. The van der Waals surface area contributed by atoms with Crippen molar-refractivity contribution < 1.29 is 18.3 Å². The molecule has 2 aliphatic heterocycles. The van der Waals surface area contributed by atoms with E-state index in [-0.39, 0.29) is 17.9 Å². The molecule has 10 nitrogen and oxygen atoms in total. The Morgan fingerprint density at radius 3 is 2.49 bits per heavy atom. The maximum absolute atomic E-state index is 15.3. The molecule has 0 radical (unpaired) electrons. The Morgan fingerprint density at radius 1 is 1.00 bits per heavy atom. The van der Waals surface area contributed by atoms with Gasteiger partial charge in [0.1, 0.15) is 5.60 Å². The molecule has 272 valence electrons. The van der Waals surface area contributed by atoms with Gasteiger partial charge in [0.15, 0.2) is 5.43 Å². The lowest BCUT2D eigenvalue weighted by molar-refractivity contribution is -0.0458. The molecule has 3 aromatic heterocycles. The van der Waals surface area contributed by atoms with E-state index >= 15 is 8.78 Å². The lowest BCUT2D eigenvalue weighted by Crippen LogP contribution is -2.59. The number of hydrogen-bond donors (Lipinski definition) is 1. The van der Waals surface area contributed by atoms with Crippen LogP contribution in [0.3, 0.4) is 0 Å². The summed E-state index contributed by atoms with van der Waals surface area (Å²) in [5.41, 5.74) is 5.27. The Morgan fingerprint density at radius 2 is 1.78 bits per heavy atom. The molecule has 1 aromatic carbocycles. The van der Waals surface area contributed by atoms with Crippen LogP contribution in [-0.4, -0.2) is 75.3 Å². The van der Waals surface area contributed by atoms with Crippen molar-refractivity contribution in [2.75, 3.05) is 36.0 Å². The van der Waals surface area contributed by atoms with Crippen LogP contribution in [0, 0.1) is 13.8 Å². The van der Waals surface area contributed by atoms with Gasteiger partial charge in [-0.15, -0.1) is 0 Å². The van der Waals surface area contributed by atoms with Gasteiger partial charge in [0.2, 0.25) is 0 Å². The van der Waals surface area contributed by atoms with Crippen molar-refractivity contribution in [3.63, 3.8) is 0 Å². The van der Waals surface area contributed by atoms with Crippen LogP contribution in [0.25, 0.3) is 10.9 Å². The number of ether oxygens (including phenoxy) is 1. The van der Waals surface area contributed by atoms with Crippen molar-refractivity contribution in [1.29, 1.82) is 0 Å². The van der Waals surface area contributed by atoms with Gasteiger partial charge in [-0.25, -0.2) is 13.6 Å². The molecule has 2 aliphatic rings. The molecule has 0 spiro atoms. The highest BCUT2D eigenvalue weighted by Crippen LogP contribution is 2.32. The van der Waals surface area contributed by atoms with Crippen molar-refractivity contribution in [2.45, 2.75) is 90.6 Å². The summed E-state index contributed by atoms with van der Waals surface area (Å²) in [6, 6.07) is 12.5. The fraction of sp³-hybridized carbons (Fsp3) is 0.487. The van der Waals surface area contributed by atoms with Gasteiger partial charge in [-0.2, -0.15) is 0 Å². The maximum atomic E-state index is 15.3. The summed E-state index contributed by atoms with van der Waals surface area (Å²) in [5.74, 6) is -3.18. The smallest absolute Gasteiger partial charge is 0.408 e. The molecular formula is C39H49F2N7O3. The minimum atomic E-state index is -3.18. The minimum absolute atomic E-state index is 0.0496. The van der Waals surface area contributed by atoms with Gasteiger partial charge in [0.25, 0.3) is 5.92 Å². The van der Waals surface area contributed by atoms with Crippen molar-refractivity contribution in [3.8, 4) is 0 Å². The summed E-state index contributed by atoms with van der Waals surface area (Å²) >= 11 is 0. The molecule has 0 saturated carbocycles. The second-order valence-corrected chi connectivity index (χ2v) is 15.1. The van der Waals surface area contributed by atoms with Gasteiger partial charge < -0.3 is 24.4 Å². The van der Waals surface area contributed by atoms with Crippen molar-refractivity contribution in [2.24, 2.45) is 7.05 Å². The summed E-state index contributed by atoms with van der Waals surface area (Å²) in [6.07, 6.45) is 6.88. The van der Waals surface area contributed by atoms with Gasteiger partial charge in [0, 0.05) is 86.2 Å². The number of fused-ring (bicyclic) bond motifs is 1. The molecule has 2 fully saturated rings. The molecule has 0 aliphatic carbocycles. The monoisotopic (exact) mass is 701 g/mol. The maximum Gasteiger partial charge on any atom is 0.408 e. The number of piperidine rings is 2. The lowest BCUT2D eigenvalue weighted by atomic mass is 9.99. The zero-order valence-corrected chi connectivity index (χ0v) is 30.5.